The van der Waals surface area contributed by atoms with E-state index < -0.39 is 0 Å². The molecule has 2 aliphatic carbocycles. The fourth-order valence-electron chi connectivity index (χ4n) is 8.67. The Bertz CT molecular complexity index is 1910. The molecule has 2 amide bonds. The van der Waals surface area contributed by atoms with E-state index in [0.29, 0.717) is 22.9 Å². The van der Waals surface area contributed by atoms with Gasteiger partial charge >= 0.3 is 0 Å². The van der Waals surface area contributed by atoms with Crippen LogP contribution < -0.4 is 30.7 Å². The zero-order valence-corrected chi connectivity index (χ0v) is 31.1. The first-order valence-corrected chi connectivity index (χ1v) is 19.1. The van der Waals surface area contributed by atoms with Crippen LogP contribution in [0.3, 0.4) is 0 Å². The Morgan fingerprint density at radius 1 is 0.615 bits per heavy atom. The first kappa shape index (κ1) is 35.0. The monoisotopic (exact) mass is 738 g/mol. The molecular weight excluding hydrogens is 695 g/mol. The van der Waals surface area contributed by atoms with Gasteiger partial charge in [0.1, 0.15) is 11.5 Å². The average molecular weight is 740 g/mol. The molecule has 4 atom stereocenters. The number of ether oxygens (including phenoxy) is 2. The number of carbonyl (C=O) groups is 2. The van der Waals surface area contributed by atoms with Crippen molar-refractivity contribution in [2.75, 3.05) is 27.3 Å². The topological polar surface area (TPSA) is 101 Å². The molecule has 4 aromatic rings. The maximum Gasteiger partial charge on any atom is 0.220 e. The van der Waals surface area contributed by atoms with Gasteiger partial charge in [-0.2, -0.15) is 0 Å². The maximum atomic E-state index is 11.7. The third-order valence-corrected chi connectivity index (χ3v) is 12.1. The number of rotatable bonds is 11. The zero-order chi connectivity index (χ0) is 35.9. The minimum Gasteiger partial charge on any atom is -0.496 e. The highest BCUT2D eigenvalue weighted by Gasteiger charge is 2.31. The van der Waals surface area contributed by atoms with E-state index >= 15 is 0 Å². The van der Waals surface area contributed by atoms with Crippen LogP contribution >= 0.6 is 23.2 Å². The number of hydrogen-bond acceptors (Lipinski definition) is 6. The number of benzene rings is 4. The number of fused-ring (bicyclic) bond motifs is 2. The number of nitrogens with one attached hydrogen (secondary N) is 4. The van der Waals surface area contributed by atoms with Gasteiger partial charge in [-0.05, 0) is 72.9 Å². The maximum absolute atomic E-state index is 11.7. The smallest absolute Gasteiger partial charge is 0.220 e. The third kappa shape index (κ3) is 6.66. The van der Waals surface area contributed by atoms with Gasteiger partial charge in [-0.1, -0.05) is 71.7 Å². The largest absolute Gasteiger partial charge is 0.496 e. The van der Waals surface area contributed by atoms with Gasteiger partial charge in [-0.15, -0.1) is 0 Å². The van der Waals surface area contributed by atoms with E-state index in [-0.39, 0.29) is 36.0 Å². The number of methoxy groups -OCH3 is 2. The minimum atomic E-state index is 0.132. The summed E-state index contributed by atoms with van der Waals surface area (Å²) in [6, 6.07) is 21.5. The zero-order valence-electron chi connectivity index (χ0n) is 29.5. The molecule has 4 aromatic carbocycles. The van der Waals surface area contributed by atoms with E-state index in [2.05, 4.69) is 57.7 Å². The van der Waals surface area contributed by atoms with Gasteiger partial charge in [-0.25, -0.2) is 0 Å². The van der Waals surface area contributed by atoms with Crippen molar-refractivity contribution in [1.29, 1.82) is 0 Å². The molecule has 8 rings (SSSR count). The van der Waals surface area contributed by atoms with Gasteiger partial charge in [0.2, 0.25) is 11.8 Å². The van der Waals surface area contributed by atoms with Crippen LogP contribution in [0.25, 0.3) is 33.4 Å². The Morgan fingerprint density at radius 3 is 1.42 bits per heavy atom. The van der Waals surface area contributed by atoms with Crippen LogP contribution in [0.1, 0.15) is 72.9 Å². The molecule has 0 spiro atoms. The second-order valence-corrected chi connectivity index (χ2v) is 15.2. The predicted octanol–water partition coefficient (Wildman–Crippen LogP) is 7.72. The van der Waals surface area contributed by atoms with Gasteiger partial charge in [0, 0.05) is 83.5 Å². The Kier molecular flexibility index (Phi) is 9.92. The van der Waals surface area contributed by atoms with Crippen molar-refractivity contribution in [3.05, 3.63) is 93.0 Å². The van der Waals surface area contributed by atoms with Gasteiger partial charge < -0.3 is 30.7 Å². The molecule has 4 N–H and O–H groups in total. The van der Waals surface area contributed by atoms with Gasteiger partial charge in [0.05, 0.1) is 24.3 Å². The normalized spacial score (nSPS) is 21.9. The van der Waals surface area contributed by atoms with Crippen LogP contribution in [0.5, 0.6) is 11.5 Å². The first-order chi connectivity index (χ1) is 25.3. The second kappa shape index (κ2) is 14.7. The Hall–Kier alpha value is -4.08. The summed E-state index contributed by atoms with van der Waals surface area (Å²) in [6.07, 6.45) is 6.73. The summed E-state index contributed by atoms with van der Waals surface area (Å²) >= 11 is 14.6. The molecule has 0 bridgehead atoms. The van der Waals surface area contributed by atoms with Crippen molar-refractivity contribution in [3.63, 3.8) is 0 Å². The summed E-state index contributed by atoms with van der Waals surface area (Å²) in [5.74, 6) is 1.94. The number of halogens is 2. The minimum absolute atomic E-state index is 0.132. The predicted molar refractivity (Wildman–Crippen MR) is 206 cm³/mol. The fraction of sp³-hybridized carbons (Fsp3) is 0.381. The van der Waals surface area contributed by atoms with E-state index in [1.807, 2.05) is 24.3 Å². The fourth-order valence-corrected chi connectivity index (χ4v) is 9.35. The molecule has 0 aromatic heterocycles. The highest BCUT2D eigenvalue weighted by atomic mass is 35.5. The molecule has 0 saturated carbocycles. The van der Waals surface area contributed by atoms with Crippen molar-refractivity contribution in [3.8, 4) is 44.9 Å². The molecule has 8 nitrogen and oxygen atoms in total. The van der Waals surface area contributed by atoms with E-state index in [1.54, 1.807) is 14.2 Å². The lowest BCUT2D eigenvalue weighted by atomic mass is 9.93. The van der Waals surface area contributed by atoms with Crippen molar-refractivity contribution in [2.45, 2.75) is 75.5 Å². The van der Waals surface area contributed by atoms with Crippen LogP contribution in [0.4, 0.5) is 0 Å². The summed E-state index contributed by atoms with van der Waals surface area (Å²) in [5, 5.41) is 14.7. The van der Waals surface area contributed by atoms with E-state index in [9.17, 15) is 9.59 Å². The summed E-state index contributed by atoms with van der Waals surface area (Å²) in [7, 11) is 3.44. The number of amides is 2. The standard InChI is InChI=1S/C42H44Cl2N4O4/c1-51-35-19-25(17-23-9-13-33(39(23)35)45-21-27-11-15-37(49)47-27)29-5-3-7-31(41(29)43)32-8-4-6-30(42(32)44)26-18-24-10-14-34(40(24)36(20-26)52-2)46-22-28-12-16-38(50)48-28/h3-8,17-20,27-28,33-34,45-46H,9-16,21-22H2,1-2H3,(H,47,49)(H,48,50)/t27-,28-,33+,34?/m0/s1. The first-order valence-electron chi connectivity index (χ1n) is 18.4. The van der Waals surface area contributed by atoms with E-state index in [0.717, 1.165) is 96.5 Å². The Balaban J connectivity index is 1.07. The van der Waals surface area contributed by atoms with Gasteiger partial charge in [0.15, 0.2) is 0 Å². The van der Waals surface area contributed by atoms with Crippen LogP contribution in [0.15, 0.2) is 60.7 Å². The highest BCUT2D eigenvalue weighted by molar-refractivity contribution is 6.39. The summed E-state index contributed by atoms with van der Waals surface area (Å²) in [4.78, 5) is 23.4. The Labute approximate surface area is 315 Å². The van der Waals surface area contributed by atoms with Crippen molar-refractivity contribution < 1.29 is 19.1 Å². The summed E-state index contributed by atoms with van der Waals surface area (Å²) < 4.78 is 11.9. The SMILES string of the molecule is COc1cc(-c2cccc(-c3cccc(-c4cc5c(c(OC)c4)[C@H](NC[C@@H]4CCC(=O)N4)CC5)c3Cl)c2Cl)cc2c1C(NC[C@@H]1CCC(=O)N1)CC2. The number of aryl methyl sites for hydroxylation is 2. The number of hydrogen-bond donors (Lipinski definition) is 4. The lowest BCUT2D eigenvalue weighted by molar-refractivity contribution is -0.120. The van der Waals surface area contributed by atoms with Crippen LogP contribution in [0, 0.1) is 0 Å². The summed E-state index contributed by atoms with van der Waals surface area (Å²) in [6.45, 7) is 1.49. The van der Waals surface area contributed by atoms with Gasteiger partial charge in [0.25, 0.3) is 0 Å². The van der Waals surface area contributed by atoms with E-state index in [1.165, 1.54) is 22.3 Å². The van der Waals surface area contributed by atoms with Crippen molar-refractivity contribution >= 4 is 35.0 Å². The van der Waals surface area contributed by atoms with E-state index in [4.69, 9.17) is 32.7 Å². The molecule has 4 aliphatic rings. The van der Waals surface area contributed by atoms with Gasteiger partial charge in [-0.3, -0.25) is 9.59 Å². The second-order valence-electron chi connectivity index (χ2n) is 14.4. The average Bonchev–Trinajstić information content (AvgIpc) is 3.96. The van der Waals surface area contributed by atoms with Crippen LogP contribution in [-0.2, 0) is 22.4 Å². The molecule has 2 saturated heterocycles. The molecule has 2 heterocycles. The third-order valence-electron chi connectivity index (χ3n) is 11.3. The quantitative estimate of drug-likeness (QED) is 0.126. The van der Waals surface area contributed by atoms with Crippen LogP contribution in [-0.4, -0.2) is 51.2 Å². The number of carbonyl (C=O) groups excluding carboxylic acids is 2. The lowest BCUT2D eigenvalue weighted by Crippen LogP contribution is -2.36. The molecule has 52 heavy (non-hydrogen) atoms. The lowest BCUT2D eigenvalue weighted by Gasteiger charge is -2.21. The molecule has 2 fully saturated rings. The summed E-state index contributed by atoms with van der Waals surface area (Å²) in [5.41, 5.74) is 10.4. The van der Waals surface area contributed by atoms with Crippen molar-refractivity contribution in [1.82, 2.24) is 21.3 Å². The molecule has 0 radical (unpaired) electrons. The molecule has 270 valence electrons. The van der Waals surface area contributed by atoms with Crippen LogP contribution in [0.2, 0.25) is 10.0 Å². The molecular formula is C42H44Cl2N4O4. The molecule has 10 heteroatoms. The van der Waals surface area contributed by atoms with Crippen molar-refractivity contribution in [2.24, 2.45) is 0 Å². The highest BCUT2D eigenvalue weighted by Crippen LogP contribution is 2.47. The molecule has 2 aliphatic heterocycles. The molecule has 1 unspecified atom stereocenters. The Morgan fingerprint density at radius 2 is 1.04 bits per heavy atom.